The number of carbonyl (C=O) groups is 1. The number of carbonyl (C=O) groups excluding carboxylic acids is 1. The number of rotatable bonds is 2. The van der Waals surface area contributed by atoms with Gasteiger partial charge in [-0.3, -0.25) is 0 Å². The topological polar surface area (TPSA) is 50.1 Å². The zero-order valence-electron chi connectivity index (χ0n) is 8.75. The third-order valence-electron chi connectivity index (χ3n) is 2.12. The molecule has 0 saturated heterocycles. The fourth-order valence-electron chi connectivity index (χ4n) is 1.43. The summed E-state index contributed by atoms with van der Waals surface area (Å²) < 4.78 is 29.8. The van der Waals surface area contributed by atoms with E-state index in [9.17, 15) is 13.6 Å². The van der Waals surface area contributed by atoms with Crippen molar-refractivity contribution in [1.82, 2.24) is 0 Å². The minimum absolute atomic E-state index is 0.0976. The summed E-state index contributed by atoms with van der Waals surface area (Å²) in [4.78, 5) is 11.3. The minimum Gasteiger partial charge on any atom is -0.465 e. The first-order valence-corrected chi connectivity index (χ1v) is 4.42. The number of methoxy groups -OCH3 is 1. The Morgan fingerprint density at radius 2 is 2.12 bits per heavy atom. The lowest BCUT2D eigenvalue weighted by Crippen LogP contribution is -2.09. The quantitative estimate of drug-likeness (QED) is 0.727. The van der Waals surface area contributed by atoms with Gasteiger partial charge in [0.15, 0.2) is 0 Å². The number of ether oxygens (including phenoxy) is 1. The second-order valence-electron chi connectivity index (χ2n) is 3.16. The summed E-state index contributed by atoms with van der Waals surface area (Å²) >= 11 is 0. The first-order valence-electron chi connectivity index (χ1n) is 4.42. The van der Waals surface area contributed by atoms with Crippen molar-refractivity contribution < 1.29 is 18.3 Å². The van der Waals surface area contributed by atoms with Crippen molar-refractivity contribution in [3.05, 3.63) is 34.4 Å². The van der Waals surface area contributed by atoms with Gasteiger partial charge in [0.1, 0.15) is 0 Å². The van der Waals surface area contributed by atoms with Crippen LogP contribution in [0, 0.1) is 18.3 Å². The van der Waals surface area contributed by atoms with E-state index in [1.54, 1.807) is 6.07 Å². The summed E-state index contributed by atoms with van der Waals surface area (Å²) in [5.41, 5.74) is -0.235. The van der Waals surface area contributed by atoms with Crippen LogP contribution in [0.3, 0.4) is 0 Å². The molecule has 0 aromatic heterocycles. The van der Waals surface area contributed by atoms with Gasteiger partial charge in [0.05, 0.1) is 24.3 Å². The van der Waals surface area contributed by atoms with Crippen LogP contribution >= 0.6 is 0 Å². The minimum atomic E-state index is -2.82. The number of alkyl halides is 2. The molecule has 0 bridgehead atoms. The van der Waals surface area contributed by atoms with Gasteiger partial charge in [-0.2, -0.15) is 5.26 Å². The van der Waals surface area contributed by atoms with Crippen molar-refractivity contribution in [2.45, 2.75) is 13.3 Å². The molecule has 1 rings (SSSR count). The number of halogens is 2. The molecule has 0 aliphatic carbocycles. The molecule has 0 amide bonds. The van der Waals surface area contributed by atoms with Gasteiger partial charge in [0.25, 0.3) is 6.43 Å². The van der Waals surface area contributed by atoms with Crippen LogP contribution < -0.4 is 0 Å². The highest BCUT2D eigenvalue weighted by Crippen LogP contribution is 2.27. The number of esters is 1. The van der Waals surface area contributed by atoms with Gasteiger partial charge in [0, 0.05) is 5.56 Å². The van der Waals surface area contributed by atoms with E-state index in [0.29, 0.717) is 5.56 Å². The number of hydrogen-bond donors (Lipinski definition) is 0. The van der Waals surface area contributed by atoms with E-state index in [2.05, 4.69) is 4.74 Å². The van der Waals surface area contributed by atoms with Gasteiger partial charge in [-0.25, -0.2) is 13.6 Å². The highest BCUT2D eigenvalue weighted by atomic mass is 19.3. The molecule has 3 nitrogen and oxygen atoms in total. The Labute approximate surface area is 91.3 Å². The van der Waals surface area contributed by atoms with Crippen molar-refractivity contribution in [1.29, 1.82) is 5.26 Å². The van der Waals surface area contributed by atoms with Crippen LogP contribution in [0.1, 0.15) is 33.5 Å². The SMILES string of the molecule is COC(=O)c1c(C)cc(C#N)cc1C(F)F. The molecule has 0 N–H and O–H groups in total. The highest BCUT2D eigenvalue weighted by Gasteiger charge is 2.22. The van der Waals surface area contributed by atoms with Crippen molar-refractivity contribution in [2.75, 3.05) is 7.11 Å². The number of benzene rings is 1. The van der Waals surface area contributed by atoms with Gasteiger partial charge < -0.3 is 4.74 Å². The maximum absolute atomic E-state index is 12.7. The molecule has 0 atom stereocenters. The molecule has 5 heteroatoms. The molecule has 1 aromatic rings. The predicted octanol–water partition coefficient (Wildman–Crippen LogP) is 2.59. The number of nitrogens with zero attached hydrogens (tertiary/aromatic N) is 1. The number of nitriles is 1. The molecule has 16 heavy (non-hydrogen) atoms. The summed E-state index contributed by atoms with van der Waals surface area (Å²) in [6.45, 7) is 1.49. The molecule has 0 heterocycles. The van der Waals surface area contributed by atoms with E-state index in [1.807, 2.05) is 0 Å². The summed E-state index contributed by atoms with van der Waals surface area (Å²) in [5.74, 6) is -0.822. The lowest BCUT2D eigenvalue weighted by atomic mass is 9.99. The maximum Gasteiger partial charge on any atom is 0.338 e. The molecule has 84 valence electrons. The molecule has 0 aliphatic heterocycles. The molecule has 0 spiro atoms. The second kappa shape index (κ2) is 4.71. The predicted molar refractivity (Wildman–Crippen MR) is 52.2 cm³/mol. The van der Waals surface area contributed by atoms with Crippen LogP contribution in [-0.4, -0.2) is 13.1 Å². The average Bonchev–Trinajstić information content (AvgIpc) is 2.26. The first-order chi connectivity index (χ1) is 7.51. The van der Waals surface area contributed by atoms with Crippen molar-refractivity contribution >= 4 is 5.97 Å². The van der Waals surface area contributed by atoms with E-state index < -0.39 is 18.0 Å². The van der Waals surface area contributed by atoms with Gasteiger partial charge in [0.2, 0.25) is 0 Å². The summed E-state index contributed by atoms with van der Waals surface area (Å²) in [6.07, 6.45) is -2.82. The van der Waals surface area contributed by atoms with Crippen LogP contribution in [0.5, 0.6) is 0 Å². The molecule has 0 saturated carbocycles. The van der Waals surface area contributed by atoms with Gasteiger partial charge >= 0.3 is 5.97 Å². The van der Waals surface area contributed by atoms with E-state index in [0.717, 1.165) is 13.2 Å². The largest absolute Gasteiger partial charge is 0.465 e. The summed E-state index contributed by atoms with van der Waals surface area (Å²) in [7, 11) is 1.12. The maximum atomic E-state index is 12.7. The number of hydrogen-bond acceptors (Lipinski definition) is 3. The smallest absolute Gasteiger partial charge is 0.338 e. The average molecular weight is 225 g/mol. The molecule has 0 unspecified atom stereocenters. The van der Waals surface area contributed by atoms with Gasteiger partial charge in [-0.1, -0.05) is 0 Å². The Morgan fingerprint density at radius 1 is 1.50 bits per heavy atom. The van der Waals surface area contributed by atoms with Crippen LogP contribution in [0.15, 0.2) is 12.1 Å². The molecule has 1 aromatic carbocycles. The van der Waals surface area contributed by atoms with E-state index in [-0.39, 0.29) is 11.1 Å². The van der Waals surface area contributed by atoms with E-state index >= 15 is 0 Å². The van der Waals surface area contributed by atoms with E-state index in [4.69, 9.17) is 5.26 Å². The summed E-state index contributed by atoms with van der Waals surface area (Å²) in [6, 6.07) is 4.14. The van der Waals surface area contributed by atoms with Crippen molar-refractivity contribution in [3.63, 3.8) is 0 Å². The van der Waals surface area contributed by atoms with E-state index in [1.165, 1.54) is 13.0 Å². The zero-order chi connectivity index (χ0) is 12.3. The molecule has 0 fully saturated rings. The van der Waals surface area contributed by atoms with Gasteiger partial charge in [-0.15, -0.1) is 0 Å². The van der Waals surface area contributed by atoms with Crippen molar-refractivity contribution in [3.8, 4) is 6.07 Å². The zero-order valence-corrected chi connectivity index (χ0v) is 8.75. The fraction of sp³-hybridized carbons (Fsp3) is 0.273. The molecular weight excluding hydrogens is 216 g/mol. The van der Waals surface area contributed by atoms with Crippen LogP contribution in [-0.2, 0) is 4.74 Å². The van der Waals surface area contributed by atoms with Crippen LogP contribution in [0.25, 0.3) is 0 Å². The lowest BCUT2D eigenvalue weighted by molar-refractivity contribution is 0.0588. The third-order valence-corrected chi connectivity index (χ3v) is 2.12. The molecular formula is C11H9F2NO2. The van der Waals surface area contributed by atoms with Gasteiger partial charge in [-0.05, 0) is 24.6 Å². The fourth-order valence-corrected chi connectivity index (χ4v) is 1.43. The standard InChI is InChI=1S/C11H9F2NO2/c1-6-3-7(5-14)4-8(10(12)13)9(6)11(15)16-2/h3-4,10H,1-2H3. The Morgan fingerprint density at radius 3 is 2.56 bits per heavy atom. The van der Waals surface area contributed by atoms with Crippen LogP contribution in [0.4, 0.5) is 8.78 Å². The lowest BCUT2D eigenvalue weighted by Gasteiger charge is -2.10. The van der Waals surface area contributed by atoms with Crippen molar-refractivity contribution in [2.24, 2.45) is 0 Å². The number of aryl methyl sites for hydroxylation is 1. The second-order valence-corrected chi connectivity index (χ2v) is 3.16. The summed E-state index contributed by atoms with van der Waals surface area (Å²) in [5, 5.41) is 8.64. The first kappa shape index (κ1) is 12.1. The monoisotopic (exact) mass is 225 g/mol. The highest BCUT2D eigenvalue weighted by molar-refractivity contribution is 5.93. The Hall–Kier alpha value is -1.96. The molecule has 0 aliphatic rings. The third kappa shape index (κ3) is 2.16. The molecule has 0 radical (unpaired) electrons. The van der Waals surface area contributed by atoms with Crippen LogP contribution in [0.2, 0.25) is 0 Å². The Kier molecular flexibility index (Phi) is 3.56. The Balaban J connectivity index is 3.47. The Bertz CT molecular complexity index is 464. The normalized spacial score (nSPS) is 10.0.